The molecule has 2 aromatic rings. The first-order chi connectivity index (χ1) is 10.2. The van der Waals surface area contributed by atoms with Gasteiger partial charge in [-0.05, 0) is 54.4 Å². The maximum absolute atomic E-state index is 12.3. The van der Waals surface area contributed by atoms with Crippen LogP contribution in [-0.4, -0.2) is 39.2 Å². The fraction of sp³-hybridized carbons (Fsp3) is 0.429. The quantitative estimate of drug-likeness (QED) is 0.876. The van der Waals surface area contributed by atoms with Crippen molar-refractivity contribution in [3.63, 3.8) is 0 Å². The standard InChI is InChI=1S/C14H18N6O/c1-10-4-5-12(20-9-16-18-19-20)7-13(10)17-14(21)11-3-2-6-15-8-11/h4-5,7,9,11,15H,2-3,6,8H2,1H3,(H,17,21). The molecule has 1 fully saturated rings. The van der Waals surface area contributed by atoms with E-state index in [1.54, 1.807) is 4.68 Å². The molecule has 7 heteroatoms. The summed E-state index contributed by atoms with van der Waals surface area (Å²) in [4.78, 5) is 12.3. The van der Waals surface area contributed by atoms with Gasteiger partial charge in [0.1, 0.15) is 6.33 Å². The van der Waals surface area contributed by atoms with E-state index in [9.17, 15) is 4.79 Å². The SMILES string of the molecule is Cc1ccc(-n2cnnn2)cc1NC(=O)C1CCCNC1. The molecule has 110 valence electrons. The van der Waals surface area contributed by atoms with Crippen LogP contribution in [0, 0.1) is 12.8 Å². The molecule has 0 spiro atoms. The smallest absolute Gasteiger partial charge is 0.228 e. The van der Waals surface area contributed by atoms with Crippen molar-refractivity contribution < 1.29 is 4.79 Å². The van der Waals surface area contributed by atoms with Crippen LogP contribution in [0.2, 0.25) is 0 Å². The third-order valence-corrected chi connectivity index (χ3v) is 3.76. The third kappa shape index (κ3) is 3.08. The number of hydrogen-bond donors (Lipinski definition) is 2. The van der Waals surface area contributed by atoms with Gasteiger partial charge in [0.15, 0.2) is 0 Å². The number of nitrogens with one attached hydrogen (secondary N) is 2. The minimum atomic E-state index is 0.0369. The normalized spacial score (nSPS) is 18.4. The van der Waals surface area contributed by atoms with Gasteiger partial charge in [0.2, 0.25) is 5.91 Å². The molecule has 0 bridgehead atoms. The number of rotatable bonds is 3. The topological polar surface area (TPSA) is 84.7 Å². The number of amides is 1. The molecule has 0 radical (unpaired) electrons. The summed E-state index contributed by atoms with van der Waals surface area (Å²) in [6.45, 7) is 3.72. The lowest BCUT2D eigenvalue weighted by Gasteiger charge is -2.22. The van der Waals surface area contributed by atoms with Crippen LogP contribution >= 0.6 is 0 Å². The third-order valence-electron chi connectivity index (χ3n) is 3.76. The molecule has 1 aliphatic rings. The minimum Gasteiger partial charge on any atom is -0.325 e. The lowest BCUT2D eigenvalue weighted by atomic mass is 9.98. The van der Waals surface area contributed by atoms with Gasteiger partial charge >= 0.3 is 0 Å². The van der Waals surface area contributed by atoms with Gasteiger partial charge in [0, 0.05) is 12.2 Å². The van der Waals surface area contributed by atoms with Gasteiger partial charge in [-0.1, -0.05) is 6.07 Å². The number of carbonyl (C=O) groups excluding carboxylic acids is 1. The van der Waals surface area contributed by atoms with E-state index in [4.69, 9.17) is 0 Å². The van der Waals surface area contributed by atoms with Gasteiger partial charge in [0.25, 0.3) is 0 Å². The summed E-state index contributed by atoms with van der Waals surface area (Å²) in [6, 6.07) is 5.76. The van der Waals surface area contributed by atoms with Crippen LogP contribution in [0.3, 0.4) is 0 Å². The van der Waals surface area contributed by atoms with Crippen molar-refractivity contribution in [2.24, 2.45) is 5.92 Å². The van der Waals surface area contributed by atoms with Crippen LogP contribution in [0.25, 0.3) is 5.69 Å². The van der Waals surface area contributed by atoms with E-state index < -0.39 is 0 Å². The highest BCUT2D eigenvalue weighted by Gasteiger charge is 2.21. The highest BCUT2D eigenvalue weighted by atomic mass is 16.1. The molecule has 3 rings (SSSR count). The van der Waals surface area contributed by atoms with E-state index >= 15 is 0 Å². The van der Waals surface area contributed by atoms with Crippen LogP contribution in [0.4, 0.5) is 5.69 Å². The van der Waals surface area contributed by atoms with Crippen molar-refractivity contribution in [2.45, 2.75) is 19.8 Å². The predicted octanol–water partition coefficient (Wildman–Crippen LogP) is 0.909. The molecule has 2 N–H and O–H groups in total. The second-order valence-electron chi connectivity index (χ2n) is 5.29. The first kappa shape index (κ1) is 13.7. The number of hydrogen-bond acceptors (Lipinski definition) is 5. The second kappa shape index (κ2) is 6.01. The van der Waals surface area contributed by atoms with Crippen molar-refractivity contribution in [3.8, 4) is 5.69 Å². The maximum atomic E-state index is 12.3. The molecule has 7 nitrogen and oxygen atoms in total. The van der Waals surface area contributed by atoms with Crippen molar-refractivity contribution in [3.05, 3.63) is 30.1 Å². The Morgan fingerprint density at radius 3 is 3.10 bits per heavy atom. The number of carbonyl (C=O) groups is 1. The van der Waals surface area contributed by atoms with Gasteiger partial charge in [-0.2, -0.15) is 0 Å². The number of tetrazole rings is 1. The molecule has 0 saturated carbocycles. The Morgan fingerprint density at radius 1 is 1.48 bits per heavy atom. The van der Waals surface area contributed by atoms with E-state index in [0.717, 1.165) is 42.9 Å². The van der Waals surface area contributed by atoms with Crippen molar-refractivity contribution in [1.29, 1.82) is 0 Å². The second-order valence-corrected chi connectivity index (χ2v) is 5.29. The zero-order valence-corrected chi connectivity index (χ0v) is 11.9. The van der Waals surface area contributed by atoms with Gasteiger partial charge < -0.3 is 10.6 Å². The summed E-state index contributed by atoms with van der Waals surface area (Å²) in [5, 5.41) is 17.4. The van der Waals surface area contributed by atoms with Crippen LogP contribution in [0.5, 0.6) is 0 Å². The molecule has 21 heavy (non-hydrogen) atoms. The minimum absolute atomic E-state index is 0.0369. The summed E-state index contributed by atoms with van der Waals surface area (Å²) in [7, 11) is 0. The first-order valence-corrected chi connectivity index (χ1v) is 7.09. The Balaban J connectivity index is 1.78. The molecule has 1 atom stereocenters. The highest BCUT2D eigenvalue weighted by Crippen LogP contribution is 2.21. The first-order valence-electron chi connectivity index (χ1n) is 7.09. The Kier molecular flexibility index (Phi) is 3.92. The number of aromatic nitrogens is 4. The monoisotopic (exact) mass is 286 g/mol. The number of anilines is 1. The maximum Gasteiger partial charge on any atom is 0.228 e. The Morgan fingerprint density at radius 2 is 2.38 bits per heavy atom. The fourth-order valence-electron chi connectivity index (χ4n) is 2.48. The van der Waals surface area contributed by atoms with E-state index in [2.05, 4.69) is 26.2 Å². The number of nitrogens with zero attached hydrogens (tertiary/aromatic N) is 4. The van der Waals surface area contributed by atoms with Gasteiger partial charge in [0.05, 0.1) is 11.6 Å². The van der Waals surface area contributed by atoms with Crippen molar-refractivity contribution >= 4 is 11.6 Å². The molecule has 1 amide bonds. The van der Waals surface area contributed by atoms with E-state index in [1.807, 2.05) is 25.1 Å². The fourth-order valence-corrected chi connectivity index (χ4v) is 2.48. The largest absolute Gasteiger partial charge is 0.325 e. The number of aryl methyl sites for hydroxylation is 1. The Hall–Kier alpha value is -2.28. The lowest BCUT2D eigenvalue weighted by molar-refractivity contribution is -0.120. The highest BCUT2D eigenvalue weighted by molar-refractivity contribution is 5.93. The van der Waals surface area contributed by atoms with Gasteiger partial charge in [-0.15, -0.1) is 5.10 Å². The van der Waals surface area contributed by atoms with Crippen LogP contribution in [0.15, 0.2) is 24.5 Å². The molecule has 1 aromatic carbocycles. The van der Waals surface area contributed by atoms with Gasteiger partial charge in [-0.25, -0.2) is 4.68 Å². The Labute approximate surface area is 122 Å². The average Bonchev–Trinajstić information content (AvgIpc) is 3.04. The summed E-state index contributed by atoms with van der Waals surface area (Å²) in [5.41, 5.74) is 2.64. The van der Waals surface area contributed by atoms with Crippen LogP contribution < -0.4 is 10.6 Å². The lowest BCUT2D eigenvalue weighted by Crippen LogP contribution is -2.37. The van der Waals surface area contributed by atoms with E-state index in [-0.39, 0.29) is 11.8 Å². The van der Waals surface area contributed by atoms with Crippen molar-refractivity contribution in [1.82, 2.24) is 25.5 Å². The molecular formula is C14H18N6O. The van der Waals surface area contributed by atoms with Crippen LogP contribution in [-0.2, 0) is 4.79 Å². The molecule has 0 aliphatic carbocycles. The number of piperidine rings is 1. The summed E-state index contributed by atoms with van der Waals surface area (Å²) < 4.78 is 1.57. The zero-order valence-electron chi connectivity index (χ0n) is 11.9. The molecule has 2 heterocycles. The summed E-state index contributed by atoms with van der Waals surface area (Å²) in [5.74, 6) is 0.106. The van der Waals surface area contributed by atoms with Crippen molar-refractivity contribution in [2.75, 3.05) is 18.4 Å². The average molecular weight is 286 g/mol. The summed E-state index contributed by atoms with van der Waals surface area (Å²) >= 11 is 0. The molecule has 1 aliphatic heterocycles. The molecule has 1 aromatic heterocycles. The summed E-state index contributed by atoms with van der Waals surface area (Å²) in [6.07, 6.45) is 3.51. The predicted molar refractivity (Wildman–Crippen MR) is 78.1 cm³/mol. The molecular weight excluding hydrogens is 268 g/mol. The van der Waals surface area contributed by atoms with Gasteiger partial charge in [-0.3, -0.25) is 4.79 Å². The molecule has 1 saturated heterocycles. The number of benzene rings is 1. The van der Waals surface area contributed by atoms with Crippen LogP contribution in [0.1, 0.15) is 18.4 Å². The van der Waals surface area contributed by atoms with E-state index in [0.29, 0.717) is 0 Å². The molecule has 1 unspecified atom stereocenters. The Bertz CT molecular complexity index is 618. The van der Waals surface area contributed by atoms with E-state index in [1.165, 1.54) is 6.33 Å². The zero-order chi connectivity index (χ0) is 14.7.